The van der Waals surface area contributed by atoms with Crippen molar-refractivity contribution in [2.45, 2.75) is 26.4 Å². The van der Waals surface area contributed by atoms with Gasteiger partial charge in [-0.3, -0.25) is 0 Å². The van der Waals surface area contributed by atoms with Gasteiger partial charge in [0.2, 0.25) is 0 Å². The van der Waals surface area contributed by atoms with Crippen LogP contribution in [0.2, 0.25) is 0 Å². The van der Waals surface area contributed by atoms with Crippen molar-refractivity contribution < 1.29 is 5.11 Å². The highest BCUT2D eigenvalue weighted by Crippen LogP contribution is 2.22. The van der Waals surface area contributed by atoms with Crippen LogP contribution in [0.5, 0.6) is 0 Å². The number of aliphatic hydroxyl groups is 1. The van der Waals surface area contributed by atoms with Gasteiger partial charge in [0.25, 0.3) is 0 Å². The van der Waals surface area contributed by atoms with Crippen LogP contribution in [-0.2, 0) is 0 Å². The highest BCUT2D eigenvalue weighted by atomic mass is 79.9. The summed E-state index contributed by atoms with van der Waals surface area (Å²) in [5, 5.41) is 9.78. The second-order valence-electron chi connectivity index (χ2n) is 3.21. The van der Waals surface area contributed by atoms with Crippen molar-refractivity contribution >= 4 is 15.9 Å². The largest absolute Gasteiger partial charge is 0.387 e. The molecule has 0 amide bonds. The van der Waals surface area contributed by atoms with Crippen LogP contribution < -0.4 is 0 Å². The van der Waals surface area contributed by atoms with Gasteiger partial charge in [-0.15, -0.1) is 11.8 Å². The Kier molecular flexibility index (Phi) is 4.19. The van der Waals surface area contributed by atoms with E-state index in [1.807, 2.05) is 25.1 Å². The van der Waals surface area contributed by atoms with E-state index < -0.39 is 6.10 Å². The zero-order chi connectivity index (χ0) is 10.6. The molecule has 1 N–H and O–H groups in total. The fraction of sp³-hybridized carbons (Fsp3) is 0.333. The molecule has 74 valence electrons. The molecule has 1 aromatic rings. The Balaban J connectivity index is 2.87. The van der Waals surface area contributed by atoms with Gasteiger partial charge in [-0.2, -0.15) is 0 Å². The number of hydrogen-bond acceptors (Lipinski definition) is 1. The standard InChI is InChI=1S/C12H13BrO/c1-3-4-5-12(14)10-6-9(2)7-11(13)8-10/h6-8,12,14H,5H2,1-2H3. The summed E-state index contributed by atoms with van der Waals surface area (Å²) in [5.41, 5.74) is 2.05. The monoisotopic (exact) mass is 252 g/mol. The van der Waals surface area contributed by atoms with E-state index >= 15 is 0 Å². The van der Waals surface area contributed by atoms with Crippen LogP contribution in [-0.4, -0.2) is 5.11 Å². The van der Waals surface area contributed by atoms with E-state index in [1.165, 1.54) is 0 Å². The molecule has 0 aromatic heterocycles. The molecular formula is C12H13BrO. The van der Waals surface area contributed by atoms with Gasteiger partial charge < -0.3 is 5.11 Å². The average molecular weight is 253 g/mol. The normalized spacial score (nSPS) is 11.7. The number of aryl methyl sites for hydroxylation is 1. The molecule has 0 spiro atoms. The van der Waals surface area contributed by atoms with Gasteiger partial charge in [0.1, 0.15) is 0 Å². The molecule has 0 aliphatic carbocycles. The van der Waals surface area contributed by atoms with Crippen molar-refractivity contribution in [3.8, 4) is 11.8 Å². The lowest BCUT2D eigenvalue weighted by Crippen LogP contribution is -1.96. The smallest absolute Gasteiger partial charge is 0.0899 e. The van der Waals surface area contributed by atoms with E-state index in [2.05, 4.69) is 27.8 Å². The molecule has 0 radical (unpaired) electrons. The van der Waals surface area contributed by atoms with Crippen LogP contribution in [0, 0.1) is 18.8 Å². The van der Waals surface area contributed by atoms with Gasteiger partial charge in [0, 0.05) is 10.9 Å². The van der Waals surface area contributed by atoms with E-state index in [9.17, 15) is 5.11 Å². The topological polar surface area (TPSA) is 20.2 Å². The molecule has 1 unspecified atom stereocenters. The lowest BCUT2D eigenvalue weighted by atomic mass is 10.0. The van der Waals surface area contributed by atoms with E-state index in [4.69, 9.17) is 0 Å². The van der Waals surface area contributed by atoms with E-state index in [0.717, 1.165) is 15.6 Å². The second kappa shape index (κ2) is 5.19. The van der Waals surface area contributed by atoms with Gasteiger partial charge in [-0.05, 0) is 37.1 Å². The fourth-order valence-electron chi connectivity index (χ4n) is 1.27. The summed E-state index contributed by atoms with van der Waals surface area (Å²) in [5.74, 6) is 5.65. The van der Waals surface area contributed by atoms with Crippen LogP contribution in [0.1, 0.15) is 30.6 Å². The maximum atomic E-state index is 9.78. The predicted octanol–water partition coefficient (Wildman–Crippen LogP) is 3.20. The molecule has 1 nitrogen and oxygen atoms in total. The summed E-state index contributed by atoms with van der Waals surface area (Å²) in [6, 6.07) is 5.92. The molecular weight excluding hydrogens is 240 g/mol. The second-order valence-corrected chi connectivity index (χ2v) is 4.12. The Morgan fingerprint density at radius 1 is 1.43 bits per heavy atom. The first-order valence-corrected chi connectivity index (χ1v) is 5.27. The minimum Gasteiger partial charge on any atom is -0.387 e. The number of halogens is 1. The van der Waals surface area contributed by atoms with Crippen molar-refractivity contribution in [1.82, 2.24) is 0 Å². The molecule has 1 rings (SSSR count). The molecule has 0 bridgehead atoms. The highest BCUT2D eigenvalue weighted by molar-refractivity contribution is 9.10. The molecule has 0 aliphatic rings. The molecule has 0 saturated carbocycles. The molecule has 0 saturated heterocycles. The first kappa shape index (κ1) is 11.3. The summed E-state index contributed by atoms with van der Waals surface area (Å²) in [7, 11) is 0. The zero-order valence-corrected chi connectivity index (χ0v) is 9.93. The zero-order valence-electron chi connectivity index (χ0n) is 8.34. The van der Waals surface area contributed by atoms with E-state index in [0.29, 0.717) is 6.42 Å². The van der Waals surface area contributed by atoms with Crippen LogP contribution in [0.4, 0.5) is 0 Å². The van der Waals surface area contributed by atoms with E-state index in [1.54, 1.807) is 6.92 Å². The fourth-order valence-corrected chi connectivity index (χ4v) is 1.90. The lowest BCUT2D eigenvalue weighted by molar-refractivity contribution is 0.184. The van der Waals surface area contributed by atoms with Crippen molar-refractivity contribution in [3.05, 3.63) is 33.8 Å². The van der Waals surface area contributed by atoms with Gasteiger partial charge in [0.15, 0.2) is 0 Å². The number of hydrogen-bond donors (Lipinski definition) is 1. The third-order valence-electron chi connectivity index (χ3n) is 1.92. The maximum absolute atomic E-state index is 9.78. The van der Waals surface area contributed by atoms with Crippen molar-refractivity contribution in [2.75, 3.05) is 0 Å². The minimum atomic E-state index is -0.487. The number of aliphatic hydroxyl groups excluding tert-OH is 1. The summed E-state index contributed by atoms with van der Waals surface area (Å²) in [6.07, 6.45) is 0.00509. The SMILES string of the molecule is CC#CCC(O)c1cc(C)cc(Br)c1. The Hall–Kier alpha value is -0.780. The molecule has 1 atom stereocenters. The number of rotatable bonds is 2. The Labute approximate surface area is 93.3 Å². The quantitative estimate of drug-likeness (QED) is 0.802. The molecule has 0 fully saturated rings. The van der Waals surface area contributed by atoms with Gasteiger partial charge in [-0.25, -0.2) is 0 Å². The summed E-state index contributed by atoms with van der Waals surface area (Å²) < 4.78 is 0.996. The first-order chi connectivity index (χ1) is 6.63. The Bertz CT molecular complexity index is 353. The first-order valence-electron chi connectivity index (χ1n) is 4.48. The van der Waals surface area contributed by atoms with Crippen molar-refractivity contribution in [2.24, 2.45) is 0 Å². The van der Waals surface area contributed by atoms with Crippen molar-refractivity contribution in [3.63, 3.8) is 0 Å². The molecule has 2 heteroatoms. The Morgan fingerprint density at radius 3 is 2.71 bits per heavy atom. The predicted molar refractivity (Wildman–Crippen MR) is 61.9 cm³/mol. The highest BCUT2D eigenvalue weighted by Gasteiger charge is 2.06. The van der Waals surface area contributed by atoms with Crippen LogP contribution in [0.15, 0.2) is 22.7 Å². The molecule has 0 heterocycles. The summed E-state index contributed by atoms with van der Waals surface area (Å²) in [4.78, 5) is 0. The van der Waals surface area contributed by atoms with Crippen LogP contribution in [0.3, 0.4) is 0 Å². The van der Waals surface area contributed by atoms with E-state index in [-0.39, 0.29) is 0 Å². The third-order valence-corrected chi connectivity index (χ3v) is 2.38. The van der Waals surface area contributed by atoms with Gasteiger partial charge >= 0.3 is 0 Å². The maximum Gasteiger partial charge on any atom is 0.0899 e. The van der Waals surface area contributed by atoms with Gasteiger partial charge in [-0.1, -0.05) is 22.0 Å². The third kappa shape index (κ3) is 3.17. The molecule has 1 aromatic carbocycles. The summed E-state index contributed by atoms with van der Waals surface area (Å²) >= 11 is 3.40. The molecule has 14 heavy (non-hydrogen) atoms. The number of benzene rings is 1. The van der Waals surface area contributed by atoms with Gasteiger partial charge in [0.05, 0.1) is 6.10 Å². The summed E-state index contributed by atoms with van der Waals surface area (Å²) in [6.45, 7) is 3.78. The molecule has 0 aliphatic heterocycles. The van der Waals surface area contributed by atoms with Crippen molar-refractivity contribution in [1.29, 1.82) is 0 Å². The minimum absolute atomic E-state index is 0.487. The van der Waals surface area contributed by atoms with Crippen LogP contribution >= 0.6 is 15.9 Å². The van der Waals surface area contributed by atoms with Crippen LogP contribution in [0.25, 0.3) is 0 Å². The average Bonchev–Trinajstić information content (AvgIpc) is 2.12. The lowest BCUT2D eigenvalue weighted by Gasteiger charge is -2.08. The Morgan fingerprint density at radius 2 is 2.14 bits per heavy atom.